The molecule has 0 fully saturated rings. The van der Waals surface area contributed by atoms with Crippen molar-refractivity contribution < 1.29 is 0 Å². The van der Waals surface area contributed by atoms with Gasteiger partial charge in [-0.05, 0) is 57.6 Å². The molecule has 0 unspecified atom stereocenters. The Kier molecular flexibility index (Phi) is 5.75. The van der Waals surface area contributed by atoms with E-state index in [0.29, 0.717) is 11.8 Å². The molecule has 0 amide bonds. The van der Waals surface area contributed by atoms with Crippen LogP contribution in [0.1, 0.15) is 93.7 Å². The maximum atomic E-state index is 6.57. The molecule has 0 aliphatic heterocycles. The van der Waals surface area contributed by atoms with E-state index in [0.717, 1.165) is 23.4 Å². The number of hydrogen-bond donors (Lipinski definition) is 2. The highest BCUT2D eigenvalue weighted by molar-refractivity contribution is 5.63. The highest BCUT2D eigenvalue weighted by Gasteiger charge is 2.19. The number of aryl methyl sites for hydroxylation is 1. The summed E-state index contributed by atoms with van der Waals surface area (Å²) in [5, 5.41) is 0. The third-order valence-corrected chi connectivity index (χ3v) is 5.33. The van der Waals surface area contributed by atoms with Crippen molar-refractivity contribution in [2.45, 2.75) is 79.1 Å². The van der Waals surface area contributed by atoms with Gasteiger partial charge in [0.15, 0.2) is 0 Å². The summed E-state index contributed by atoms with van der Waals surface area (Å²) in [5.74, 6) is 0.888. The molecular formula is C24H36N2. The topological polar surface area (TPSA) is 52.0 Å². The van der Waals surface area contributed by atoms with Crippen LogP contribution in [0, 0.1) is 6.92 Å². The van der Waals surface area contributed by atoms with Crippen molar-refractivity contribution in [3.05, 3.63) is 57.6 Å². The van der Waals surface area contributed by atoms with E-state index in [1.54, 1.807) is 0 Å². The van der Waals surface area contributed by atoms with Crippen LogP contribution >= 0.6 is 0 Å². The lowest BCUT2D eigenvalue weighted by Crippen LogP contribution is -2.13. The average molecular weight is 353 g/mol. The maximum absolute atomic E-state index is 6.57. The first-order valence-corrected chi connectivity index (χ1v) is 9.73. The van der Waals surface area contributed by atoms with E-state index in [2.05, 4.69) is 79.7 Å². The second kappa shape index (κ2) is 7.34. The van der Waals surface area contributed by atoms with Crippen molar-refractivity contribution in [1.82, 2.24) is 0 Å². The van der Waals surface area contributed by atoms with E-state index in [1.807, 2.05) is 0 Å². The van der Waals surface area contributed by atoms with E-state index in [9.17, 15) is 0 Å². The summed E-state index contributed by atoms with van der Waals surface area (Å²) in [6.07, 6.45) is 0.780. The highest BCUT2D eigenvalue weighted by Crippen LogP contribution is 2.34. The number of benzene rings is 2. The molecule has 0 saturated heterocycles. The predicted molar refractivity (Wildman–Crippen MR) is 116 cm³/mol. The smallest absolute Gasteiger partial charge is 0.0385 e. The third kappa shape index (κ3) is 4.23. The molecule has 2 aromatic rings. The van der Waals surface area contributed by atoms with Gasteiger partial charge in [0, 0.05) is 17.8 Å². The fourth-order valence-corrected chi connectivity index (χ4v) is 3.38. The number of rotatable bonds is 4. The van der Waals surface area contributed by atoms with Crippen LogP contribution in [-0.4, -0.2) is 0 Å². The van der Waals surface area contributed by atoms with Crippen LogP contribution in [0.2, 0.25) is 0 Å². The Morgan fingerprint density at radius 2 is 1.38 bits per heavy atom. The van der Waals surface area contributed by atoms with E-state index in [1.165, 1.54) is 27.8 Å². The summed E-state index contributed by atoms with van der Waals surface area (Å²) >= 11 is 0. The van der Waals surface area contributed by atoms with E-state index >= 15 is 0 Å². The summed E-state index contributed by atoms with van der Waals surface area (Å²) in [4.78, 5) is 0. The normalized spacial score (nSPS) is 12.2. The summed E-state index contributed by atoms with van der Waals surface area (Å²) < 4.78 is 0. The minimum absolute atomic E-state index is 0.0988. The van der Waals surface area contributed by atoms with E-state index < -0.39 is 0 Å². The molecule has 0 aromatic heterocycles. The molecule has 2 heteroatoms. The summed E-state index contributed by atoms with van der Waals surface area (Å²) in [7, 11) is 0. The first-order chi connectivity index (χ1) is 11.9. The molecule has 26 heavy (non-hydrogen) atoms. The molecule has 0 bridgehead atoms. The van der Waals surface area contributed by atoms with Crippen LogP contribution in [0.25, 0.3) is 0 Å². The van der Waals surface area contributed by atoms with Crippen LogP contribution in [-0.2, 0) is 11.8 Å². The largest absolute Gasteiger partial charge is 0.398 e. The second-order valence-electron chi connectivity index (χ2n) is 9.29. The number of anilines is 2. The highest BCUT2D eigenvalue weighted by atomic mass is 14.6. The molecule has 0 aliphatic carbocycles. The van der Waals surface area contributed by atoms with Gasteiger partial charge in [0.1, 0.15) is 0 Å². The molecule has 4 N–H and O–H groups in total. The van der Waals surface area contributed by atoms with Crippen molar-refractivity contribution >= 4 is 11.4 Å². The molecule has 0 saturated carbocycles. The van der Waals surface area contributed by atoms with Crippen molar-refractivity contribution in [2.24, 2.45) is 0 Å². The SMILES string of the molecule is Cc1cc(C(C)(C)C)cc(Cc2cc(C(C)C)cc(C(C)C)c2N)c1N. The predicted octanol–water partition coefficient (Wildman–Crippen LogP) is 6.29. The van der Waals surface area contributed by atoms with Crippen molar-refractivity contribution in [1.29, 1.82) is 0 Å². The van der Waals surface area contributed by atoms with Crippen molar-refractivity contribution in [3.8, 4) is 0 Å². The van der Waals surface area contributed by atoms with Gasteiger partial charge in [-0.2, -0.15) is 0 Å². The van der Waals surface area contributed by atoms with Gasteiger partial charge >= 0.3 is 0 Å². The van der Waals surface area contributed by atoms with Crippen LogP contribution < -0.4 is 11.5 Å². The fraction of sp³-hybridized carbons (Fsp3) is 0.500. The zero-order valence-electron chi connectivity index (χ0n) is 17.8. The molecule has 2 nitrogen and oxygen atoms in total. The molecule has 2 aromatic carbocycles. The van der Waals surface area contributed by atoms with Gasteiger partial charge < -0.3 is 11.5 Å². The molecule has 142 valence electrons. The molecular weight excluding hydrogens is 316 g/mol. The Morgan fingerprint density at radius 1 is 0.808 bits per heavy atom. The average Bonchev–Trinajstić information content (AvgIpc) is 2.51. The van der Waals surface area contributed by atoms with Gasteiger partial charge in [-0.15, -0.1) is 0 Å². The Labute approximate surface area is 160 Å². The minimum Gasteiger partial charge on any atom is -0.398 e. The van der Waals surface area contributed by atoms with E-state index in [-0.39, 0.29) is 5.41 Å². The quantitative estimate of drug-likeness (QED) is 0.635. The number of nitrogen functional groups attached to an aromatic ring is 2. The van der Waals surface area contributed by atoms with Gasteiger partial charge in [-0.3, -0.25) is 0 Å². The lowest BCUT2D eigenvalue weighted by atomic mass is 9.83. The Hall–Kier alpha value is -1.96. The van der Waals surface area contributed by atoms with E-state index in [4.69, 9.17) is 11.5 Å². The lowest BCUT2D eigenvalue weighted by Gasteiger charge is -2.23. The Morgan fingerprint density at radius 3 is 1.88 bits per heavy atom. The van der Waals surface area contributed by atoms with Crippen LogP contribution in [0.5, 0.6) is 0 Å². The molecule has 0 aliphatic rings. The molecule has 0 spiro atoms. The molecule has 0 heterocycles. The van der Waals surface area contributed by atoms with Crippen LogP contribution in [0.15, 0.2) is 24.3 Å². The first-order valence-electron chi connectivity index (χ1n) is 9.73. The second-order valence-corrected chi connectivity index (χ2v) is 9.29. The van der Waals surface area contributed by atoms with Crippen molar-refractivity contribution in [2.75, 3.05) is 11.5 Å². The van der Waals surface area contributed by atoms with Crippen LogP contribution in [0.4, 0.5) is 11.4 Å². The third-order valence-electron chi connectivity index (χ3n) is 5.33. The van der Waals surface area contributed by atoms with Gasteiger partial charge in [0.2, 0.25) is 0 Å². The lowest BCUT2D eigenvalue weighted by molar-refractivity contribution is 0.589. The Bertz CT molecular complexity index is 793. The zero-order chi connectivity index (χ0) is 19.8. The number of hydrogen-bond acceptors (Lipinski definition) is 2. The van der Waals surface area contributed by atoms with Gasteiger partial charge in [-0.1, -0.05) is 72.7 Å². The number of nitrogens with two attached hydrogens (primary N) is 2. The molecule has 0 radical (unpaired) electrons. The maximum Gasteiger partial charge on any atom is 0.0385 e. The fourth-order valence-electron chi connectivity index (χ4n) is 3.38. The summed E-state index contributed by atoms with van der Waals surface area (Å²) in [5.41, 5.74) is 22.4. The zero-order valence-corrected chi connectivity index (χ0v) is 17.8. The van der Waals surface area contributed by atoms with Gasteiger partial charge in [-0.25, -0.2) is 0 Å². The monoisotopic (exact) mass is 352 g/mol. The van der Waals surface area contributed by atoms with Gasteiger partial charge in [0.05, 0.1) is 0 Å². The summed E-state index contributed by atoms with van der Waals surface area (Å²) in [6, 6.07) is 9.02. The van der Waals surface area contributed by atoms with Crippen molar-refractivity contribution in [3.63, 3.8) is 0 Å². The minimum atomic E-state index is 0.0988. The summed E-state index contributed by atoms with van der Waals surface area (Å²) in [6.45, 7) is 17.7. The Balaban J connectivity index is 2.60. The molecule has 0 atom stereocenters. The van der Waals surface area contributed by atoms with Gasteiger partial charge in [0.25, 0.3) is 0 Å². The first kappa shape index (κ1) is 20.4. The standard InChI is InChI=1S/C24H36N2/c1-14(2)17-10-18(23(26)21(13-17)15(3)4)11-19-12-20(24(6,7)8)9-16(5)22(19)25/h9-10,12-15H,11,25-26H2,1-8H3. The molecule has 2 rings (SSSR count). The van der Waals surface area contributed by atoms with Crippen LogP contribution in [0.3, 0.4) is 0 Å².